The van der Waals surface area contributed by atoms with Gasteiger partial charge in [0.05, 0.1) is 11.1 Å². The molecular formula is C21H19N3O2. The zero-order valence-electron chi connectivity index (χ0n) is 14.5. The van der Waals surface area contributed by atoms with Crippen LogP contribution >= 0.6 is 0 Å². The fourth-order valence-corrected chi connectivity index (χ4v) is 3.38. The highest BCUT2D eigenvalue weighted by Gasteiger charge is 2.17. The molecule has 0 saturated heterocycles. The number of aryl methyl sites for hydroxylation is 2. The third kappa shape index (κ3) is 3.04. The van der Waals surface area contributed by atoms with Crippen molar-refractivity contribution in [2.24, 2.45) is 0 Å². The minimum Gasteiger partial charge on any atom is -0.326 e. The minimum atomic E-state index is -0.176. The molecule has 0 fully saturated rings. The summed E-state index contributed by atoms with van der Waals surface area (Å²) in [6.07, 6.45) is 3.84. The number of carbonyl (C=O) groups excluding carboxylic acids is 2. The number of amides is 2. The quantitative estimate of drug-likeness (QED) is 0.735. The smallest absolute Gasteiger partial charge is 0.258 e. The highest BCUT2D eigenvalue weighted by Crippen LogP contribution is 2.27. The molecule has 130 valence electrons. The van der Waals surface area contributed by atoms with E-state index in [2.05, 4.69) is 15.6 Å². The zero-order valence-corrected chi connectivity index (χ0v) is 14.5. The number of rotatable bonds is 2. The average Bonchev–Trinajstić information content (AvgIpc) is 2.81. The first-order valence-electron chi connectivity index (χ1n) is 8.70. The number of benzene rings is 2. The van der Waals surface area contributed by atoms with Gasteiger partial charge in [0.1, 0.15) is 0 Å². The Bertz CT molecular complexity index is 1030. The highest BCUT2D eigenvalue weighted by molar-refractivity contribution is 6.13. The molecule has 3 aromatic rings. The van der Waals surface area contributed by atoms with Gasteiger partial charge in [-0.1, -0.05) is 18.2 Å². The summed E-state index contributed by atoms with van der Waals surface area (Å²) in [7, 11) is 0. The molecule has 5 nitrogen and oxygen atoms in total. The van der Waals surface area contributed by atoms with Gasteiger partial charge in [-0.05, 0) is 55.2 Å². The van der Waals surface area contributed by atoms with Crippen LogP contribution < -0.4 is 10.6 Å². The number of fused-ring (bicyclic) bond motifs is 2. The summed E-state index contributed by atoms with van der Waals surface area (Å²) in [5.74, 6) is -0.137. The molecule has 1 aliphatic heterocycles. The molecule has 2 amide bonds. The predicted molar refractivity (Wildman–Crippen MR) is 102 cm³/mol. The molecule has 1 aromatic heterocycles. The molecule has 0 saturated carbocycles. The van der Waals surface area contributed by atoms with Crippen LogP contribution in [0.3, 0.4) is 0 Å². The first kappa shape index (κ1) is 16.3. The Labute approximate surface area is 151 Å². The Morgan fingerprint density at radius 1 is 1.15 bits per heavy atom. The van der Waals surface area contributed by atoms with Crippen molar-refractivity contribution in [2.45, 2.75) is 26.2 Å². The van der Waals surface area contributed by atoms with E-state index in [0.29, 0.717) is 17.5 Å². The third-order valence-corrected chi connectivity index (χ3v) is 4.70. The second-order valence-corrected chi connectivity index (χ2v) is 6.56. The Morgan fingerprint density at radius 3 is 2.92 bits per heavy atom. The van der Waals surface area contributed by atoms with Crippen molar-refractivity contribution in [1.29, 1.82) is 0 Å². The lowest BCUT2D eigenvalue weighted by Gasteiger charge is -2.13. The van der Waals surface area contributed by atoms with Crippen LogP contribution in [0.1, 0.15) is 34.3 Å². The molecule has 5 heteroatoms. The molecule has 2 heterocycles. The van der Waals surface area contributed by atoms with Crippen LogP contribution in [-0.4, -0.2) is 16.8 Å². The van der Waals surface area contributed by atoms with Crippen molar-refractivity contribution >= 4 is 34.1 Å². The topological polar surface area (TPSA) is 71.1 Å². The standard InChI is InChI=1S/C21H19N3O2/c1-13-7-8-14-5-3-11-22-20(14)19(13)21(26)23-16-9-10-17-15(12-16)4-2-6-18(25)24-17/h3,5,7-12H,2,4,6H2,1H3,(H,23,26)(H,24,25). The van der Waals surface area contributed by atoms with Gasteiger partial charge in [0.25, 0.3) is 5.91 Å². The molecule has 2 N–H and O–H groups in total. The fraction of sp³-hybridized carbons (Fsp3) is 0.190. The van der Waals surface area contributed by atoms with E-state index in [1.54, 1.807) is 6.20 Å². The molecule has 0 unspecified atom stereocenters. The van der Waals surface area contributed by atoms with Crippen LogP contribution in [0, 0.1) is 6.92 Å². The maximum absolute atomic E-state index is 12.9. The Hall–Kier alpha value is -3.21. The summed E-state index contributed by atoms with van der Waals surface area (Å²) in [6, 6.07) is 13.3. The van der Waals surface area contributed by atoms with Crippen LogP contribution in [0.2, 0.25) is 0 Å². The molecule has 0 bridgehead atoms. The number of hydrogen-bond donors (Lipinski definition) is 2. The summed E-state index contributed by atoms with van der Waals surface area (Å²) in [5, 5.41) is 6.83. The van der Waals surface area contributed by atoms with Gasteiger partial charge in [0.2, 0.25) is 5.91 Å². The van der Waals surface area contributed by atoms with E-state index in [1.165, 1.54) is 0 Å². The number of nitrogens with zero attached hydrogens (tertiary/aromatic N) is 1. The van der Waals surface area contributed by atoms with Gasteiger partial charge < -0.3 is 10.6 Å². The largest absolute Gasteiger partial charge is 0.326 e. The molecule has 0 atom stereocenters. The van der Waals surface area contributed by atoms with Crippen LogP contribution in [-0.2, 0) is 11.2 Å². The van der Waals surface area contributed by atoms with E-state index in [-0.39, 0.29) is 11.8 Å². The van der Waals surface area contributed by atoms with Crippen molar-refractivity contribution in [3.8, 4) is 0 Å². The van der Waals surface area contributed by atoms with Gasteiger partial charge in [-0.25, -0.2) is 0 Å². The molecule has 2 aromatic carbocycles. The van der Waals surface area contributed by atoms with Gasteiger partial charge in [-0.3, -0.25) is 14.6 Å². The lowest BCUT2D eigenvalue weighted by molar-refractivity contribution is -0.116. The van der Waals surface area contributed by atoms with Gasteiger partial charge in [-0.2, -0.15) is 0 Å². The van der Waals surface area contributed by atoms with Gasteiger partial charge >= 0.3 is 0 Å². The molecule has 4 rings (SSSR count). The molecular weight excluding hydrogens is 326 g/mol. The molecule has 26 heavy (non-hydrogen) atoms. The second kappa shape index (κ2) is 6.59. The van der Waals surface area contributed by atoms with Gasteiger partial charge in [0.15, 0.2) is 0 Å². The normalized spacial score (nSPS) is 13.7. The van der Waals surface area contributed by atoms with Gasteiger partial charge in [-0.15, -0.1) is 0 Å². The first-order valence-corrected chi connectivity index (χ1v) is 8.70. The van der Waals surface area contributed by atoms with E-state index in [9.17, 15) is 9.59 Å². The third-order valence-electron chi connectivity index (χ3n) is 4.70. The maximum Gasteiger partial charge on any atom is 0.258 e. The Morgan fingerprint density at radius 2 is 2.04 bits per heavy atom. The Kier molecular flexibility index (Phi) is 4.13. The first-order chi connectivity index (χ1) is 12.6. The molecule has 0 aliphatic carbocycles. The lowest BCUT2D eigenvalue weighted by atomic mass is 10.0. The summed E-state index contributed by atoms with van der Waals surface area (Å²) >= 11 is 0. The summed E-state index contributed by atoms with van der Waals surface area (Å²) < 4.78 is 0. The van der Waals surface area contributed by atoms with E-state index < -0.39 is 0 Å². The van der Waals surface area contributed by atoms with Crippen molar-refractivity contribution in [1.82, 2.24) is 4.98 Å². The van der Waals surface area contributed by atoms with E-state index in [1.807, 2.05) is 49.4 Å². The fourth-order valence-electron chi connectivity index (χ4n) is 3.38. The minimum absolute atomic E-state index is 0.0398. The Balaban J connectivity index is 1.66. The summed E-state index contributed by atoms with van der Waals surface area (Å²) in [5.41, 5.74) is 4.77. The SMILES string of the molecule is Cc1ccc2cccnc2c1C(=O)Nc1ccc2c(c1)CCCC(=O)N2. The van der Waals surface area contributed by atoms with Crippen LogP contribution in [0.5, 0.6) is 0 Å². The number of anilines is 2. The van der Waals surface area contributed by atoms with Crippen molar-refractivity contribution in [3.05, 3.63) is 65.4 Å². The molecule has 0 spiro atoms. The molecule has 1 aliphatic rings. The van der Waals surface area contributed by atoms with E-state index in [4.69, 9.17) is 0 Å². The number of carbonyl (C=O) groups is 2. The lowest BCUT2D eigenvalue weighted by Crippen LogP contribution is -2.15. The van der Waals surface area contributed by atoms with E-state index in [0.717, 1.165) is 40.7 Å². The zero-order chi connectivity index (χ0) is 18.1. The van der Waals surface area contributed by atoms with Crippen LogP contribution in [0.25, 0.3) is 10.9 Å². The van der Waals surface area contributed by atoms with E-state index >= 15 is 0 Å². The van der Waals surface area contributed by atoms with Gasteiger partial charge in [0, 0.05) is 29.4 Å². The number of nitrogens with one attached hydrogen (secondary N) is 2. The van der Waals surface area contributed by atoms with Crippen LogP contribution in [0.15, 0.2) is 48.7 Å². The van der Waals surface area contributed by atoms with Crippen molar-refractivity contribution in [2.75, 3.05) is 10.6 Å². The predicted octanol–water partition coefficient (Wildman–Crippen LogP) is 4.07. The summed E-state index contributed by atoms with van der Waals surface area (Å²) in [6.45, 7) is 1.91. The highest BCUT2D eigenvalue weighted by atomic mass is 16.2. The number of hydrogen-bond acceptors (Lipinski definition) is 3. The monoisotopic (exact) mass is 345 g/mol. The number of aromatic nitrogens is 1. The maximum atomic E-state index is 12.9. The molecule has 0 radical (unpaired) electrons. The van der Waals surface area contributed by atoms with Crippen molar-refractivity contribution in [3.63, 3.8) is 0 Å². The summed E-state index contributed by atoms with van der Waals surface area (Å²) in [4.78, 5) is 29.0. The second-order valence-electron chi connectivity index (χ2n) is 6.56. The average molecular weight is 345 g/mol. The van der Waals surface area contributed by atoms with Crippen LogP contribution in [0.4, 0.5) is 11.4 Å². The number of pyridine rings is 1. The van der Waals surface area contributed by atoms with Crippen molar-refractivity contribution < 1.29 is 9.59 Å².